The molecule has 0 spiro atoms. The summed E-state index contributed by atoms with van der Waals surface area (Å²) in [4.78, 5) is 17.8. The Hall–Kier alpha value is -1.43. The first-order chi connectivity index (χ1) is 8.57. The van der Waals surface area contributed by atoms with Gasteiger partial charge in [0, 0.05) is 13.6 Å². The Balaban J connectivity index is 2.07. The molecule has 1 fully saturated rings. The van der Waals surface area contributed by atoms with E-state index in [0.29, 0.717) is 19.5 Å². The second kappa shape index (κ2) is 5.06. The standard InChI is InChI=1S/C12H20N4O2/c1-3-12(11(17)18)5-4-6-16(8-12)7-10-13-9-14-15(10)2/h9H,3-8H2,1-2H3,(H,17,18). The SMILES string of the molecule is CCC1(C(=O)O)CCCN(Cc2ncnn2C)C1. The molecular weight excluding hydrogens is 232 g/mol. The van der Waals surface area contributed by atoms with E-state index in [0.717, 1.165) is 25.2 Å². The molecule has 18 heavy (non-hydrogen) atoms. The van der Waals surface area contributed by atoms with Gasteiger partial charge in [-0.2, -0.15) is 5.10 Å². The molecule has 1 aliphatic rings. The van der Waals surface area contributed by atoms with Gasteiger partial charge in [-0.25, -0.2) is 4.98 Å². The quantitative estimate of drug-likeness (QED) is 0.861. The molecule has 1 saturated heterocycles. The lowest BCUT2D eigenvalue weighted by molar-refractivity contribution is -0.153. The minimum atomic E-state index is -0.673. The van der Waals surface area contributed by atoms with Gasteiger partial charge in [0.15, 0.2) is 0 Å². The van der Waals surface area contributed by atoms with E-state index in [-0.39, 0.29) is 0 Å². The third-order valence-electron chi connectivity index (χ3n) is 3.96. The molecule has 1 aromatic heterocycles. The lowest BCUT2D eigenvalue weighted by Crippen LogP contribution is -2.47. The highest BCUT2D eigenvalue weighted by molar-refractivity contribution is 5.75. The fourth-order valence-corrected chi connectivity index (χ4v) is 2.64. The van der Waals surface area contributed by atoms with Gasteiger partial charge < -0.3 is 5.11 Å². The van der Waals surface area contributed by atoms with E-state index in [1.54, 1.807) is 4.68 Å². The van der Waals surface area contributed by atoms with Gasteiger partial charge in [-0.3, -0.25) is 14.4 Å². The van der Waals surface area contributed by atoms with E-state index in [4.69, 9.17) is 0 Å². The summed E-state index contributed by atoms with van der Waals surface area (Å²) in [6.45, 7) is 4.17. The zero-order valence-corrected chi connectivity index (χ0v) is 11.0. The van der Waals surface area contributed by atoms with Gasteiger partial charge in [0.05, 0.1) is 12.0 Å². The van der Waals surface area contributed by atoms with Crippen LogP contribution in [0.3, 0.4) is 0 Å². The lowest BCUT2D eigenvalue weighted by atomic mass is 9.77. The number of carboxylic acids is 1. The van der Waals surface area contributed by atoms with Crippen molar-refractivity contribution in [1.29, 1.82) is 0 Å². The predicted octanol–water partition coefficient (Wildman–Crippen LogP) is 0.892. The van der Waals surface area contributed by atoms with E-state index in [1.807, 2.05) is 14.0 Å². The number of aliphatic carboxylic acids is 1. The van der Waals surface area contributed by atoms with E-state index in [1.165, 1.54) is 6.33 Å². The van der Waals surface area contributed by atoms with Crippen molar-refractivity contribution in [2.45, 2.75) is 32.7 Å². The normalized spacial score (nSPS) is 25.2. The van der Waals surface area contributed by atoms with Crippen molar-refractivity contribution < 1.29 is 9.90 Å². The number of carboxylic acid groups (broad SMARTS) is 1. The van der Waals surface area contributed by atoms with E-state index >= 15 is 0 Å². The number of hydrogen-bond donors (Lipinski definition) is 1. The van der Waals surface area contributed by atoms with Crippen molar-refractivity contribution in [3.8, 4) is 0 Å². The molecule has 0 amide bonds. The molecule has 0 bridgehead atoms. The van der Waals surface area contributed by atoms with Crippen LogP contribution in [0.15, 0.2) is 6.33 Å². The Kier molecular flexibility index (Phi) is 3.65. The highest BCUT2D eigenvalue weighted by atomic mass is 16.4. The summed E-state index contributed by atoms with van der Waals surface area (Å²) in [5.74, 6) is 0.208. The van der Waals surface area contributed by atoms with Gasteiger partial charge in [0.2, 0.25) is 0 Å². The predicted molar refractivity (Wildman–Crippen MR) is 65.9 cm³/mol. The number of rotatable bonds is 4. The van der Waals surface area contributed by atoms with Crippen molar-refractivity contribution in [2.75, 3.05) is 13.1 Å². The van der Waals surface area contributed by atoms with Crippen LogP contribution in [-0.4, -0.2) is 43.8 Å². The molecule has 1 aromatic rings. The molecule has 2 rings (SSSR count). The molecule has 6 heteroatoms. The number of carbonyl (C=O) groups is 1. The van der Waals surface area contributed by atoms with Crippen molar-refractivity contribution >= 4 is 5.97 Å². The summed E-state index contributed by atoms with van der Waals surface area (Å²) in [6.07, 6.45) is 3.91. The van der Waals surface area contributed by atoms with Crippen LogP contribution in [-0.2, 0) is 18.4 Å². The van der Waals surface area contributed by atoms with Crippen LogP contribution < -0.4 is 0 Å². The Labute approximate surface area is 107 Å². The first-order valence-corrected chi connectivity index (χ1v) is 6.36. The summed E-state index contributed by atoms with van der Waals surface area (Å²) < 4.78 is 1.74. The Bertz CT molecular complexity index is 431. The van der Waals surface area contributed by atoms with E-state index < -0.39 is 11.4 Å². The van der Waals surface area contributed by atoms with Gasteiger partial charge in [-0.1, -0.05) is 6.92 Å². The van der Waals surface area contributed by atoms with Gasteiger partial charge in [-0.05, 0) is 25.8 Å². The topological polar surface area (TPSA) is 71.2 Å². The van der Waals surface area contributed by atoms with E-state index in [2.05, 4.69) is 15.0 Å². The molecule has 0 radical (unpaired) electrons. The molecular formula is C12H20N4O2. The smallest absolute Gasteiger partial charge is 0.310 e. The molecule has 1 unspecified atom stereocenters. The first-order valence-electron chi connectivity index (χ1n) is 6.36. The van der Waals surface area contributed by atoms with Crippen LogP contribution in [0.5, 0.6) is 0 Å². The highest BCUT2D eigenvalue weighted by Crippen LogP contribution is 2.34. The van der Waals surface area contributed by atoms with Crippen LogP contribution in [0.4, 0.5) is 0 Å². The van der Waals surface area contributed by atoms with Gasteiger partial charge in [0.25, 0.3) is 0 Å². The van der Waals surface area contributed by atoms with Crippen molar-refractivity contribution in [3.63, 3.8) is 0 Å². The van der Waals surface area contributed by atoms with Gasteiger partial charge in [0.1, 0.15) is 12.2 Å². The lowest BCUT2D eigenvalue weighted by Gasteiger charge is -2.39. The molecule has 2 heterocycles. The molecule has 1 N–H and O–H groups in total. The third-order valence-corrected chi connectivity index (χ3v) is 3.96. The molecule has 0 saturated carbocycles. The van der Waals surface area contributed by atoms with Crippen LogP contribution in [0.1, 0.15) is 32.0 Å². The molecule has 0 aliphatic carbocycles. The fourth-order valence-electron chi connectivity index (χ4n) is 2.64. The van der Waals surface area contributed by atoms with Crippen LogP contribution in [0.2, 0.25) is 0 Å². The Morgan fingerprint density at radius 3 is 2.94 bits per heavy atom. The molecule has 100 valence electrons. The van der Waals surface area contributed by atoms with Crippen LogP contribution in [0.25, 0.3) is 0 Å². The fraction of sp³-hybridized carbons (Fsp3) is 0.750. The van der Waals surface area contributed by atoms with Crippen LogP contribution >= 0.6 is 0 Å². The largest absolute Gasteiger partial charge is 0.481 e. The van der Waals surface area contributed by atoms with E-state index in [9.17, 15) is 9.90 Å². The van der Waals surface area contributed by atoms with Crippen LogP contribution in [0, 0.1) is 5.41 Å². The molecule has 1 atom stereocenters. The zero-order valence-electron chi connectivity index (χ0n) is 11.0. The van der Waals surface area contributed by atoms with Crippen molar-refractivity contribution in [3.05, 3.63) is 12.2 Å². The van der Waals surface area contributed by atoms with Crippen molar-refractivity contribution in [2.24, 2.45) is 12.5 Å². The molecule has 6 nitrogen and oxygen atoms in total. The summed E-state index contributed by atoms with van der Waals surface area (Å²) in [7, 11) is 1.86. The number of piperidine rings is 1. The third kappa shape index (κ3) is 2.38. The Morgan fingerprint density at radius 1 is 1.61 bits per heavy atom. The van der Waals surface area contributed by atoms with Gasteiger partial charge in [-0.15, -0.1) is 0 Å². The maximum Gasteiger partial charge on any atom is 0.310 e. The summed E-state index contributed by atoms with van der Waals surface area (Å²) in [5, 5.41) is 13.5. The number of likely N-dealkylation sites (tertiary alicyclic amines) is 1. The summed E-state index contributed by atoms with van der Waals surface area (Å²) in [5.41, 5.74) is -0.586. The summed E-state index contributed by atoms with van der Waals surface area (Å²) >= 11 is 0. The zero-order chi connectivity index (χ0) is 13.2. The maximum absolute atomic E-state index is 11.5. The molecule has 0 aromatic carbocycles. The average molecular weight is 252 g/mol. The van der Waals surface area contributed by atoms with Crippen molar-refractivity contribution in [1.82, 2.24) is 19.7 Å². The summed E-state index contributed by atoms with van der Waals surface area (Å²) in [6, 6.07) is 0. The maximum atomic E-state index is 11.5. The number of aryl methyl sites for hydroxylation is 1. The Morgan fingerprint density at radius 2 is 2.39 bits per heavy atom. The first kappa shape index (κ1) is 13.0. The number of nitrogens with zero attached hydrogens (tertiary/aromatic N) is 4. The average Bonchev–Trinajstić information content (AvgIpc) is 2.75. The van der Waals surface area contributed by atoms with Gasteiger partial charge >= 0.3 is 5.97 Å². The second-order valence-electron chi connectivity index (χ2n) is 5.05. The monoisotopic (exact) mass is 252 g/mol. The molecule has 1 aliphatic heterocycles. The number of hydrogen-bond acceptors (Lipinski definition) is 4. The second-order valence-corrected chi connectivity index (χ2v) is 5.05. The highest BCUT2D eigenvalue weighted by Gasteiger charge is 2.40. The minimum Gasteiger partial charge on any atom is -0.481 e. The minimum absolute atomic E-state index is 0.586. The number of aromatic nitrogens is 3.